The molecule has 1 atom stereocenters. The number of piperidine rings is 1. The van der Waals surface area contributed by atoms with Gasteiger partial charge in [0.15, 0.2) is 0 Å². The molecular formula is C25H32N6O3. The smallest absolute Gasteiger partial charge is 0.253 e. The molecule has 0 saturated carbocycles. The zero-order valence-corrected chi connectivity index (χ0v) is 19.7. The molecule has 0 radical (unpaired) electrons. The highest BCUT2D eigenvalue weighted by Crippen LogP contribution is 2.29. The molecule has 2 amide bonds. The van der Waals surface area contributed by atoms with Gasteiger partial charge in [-0.05, 0) is 57.4 Å². The van der Waals surface area contributed by atoms with Gasteiger partial charge in [-0.2, -0.15) is 0 Å². The van der Waals surface area contributed by atoms with Crippen molar-refractivity contribution in [3.8, 4) is 0 Å². The number of nitrogens with zero attached hydrogens (tertiary/aromatic N) is 2. The summed E-state index contributed by atoms with van der Waals surface area (Å²) in [4.78, 5) is 47.2. The molecule has 0 bridgehead atoms. The highest BCUT2D eigenvalue weighted by Gasteiger charge is 2.31. The number of aryl methyl sites for hydroxylation is 2. The quantitative estimate of drug-likeness (QED) is 0.483. The molecule has 4 rings (SSSR count). The maximum atomic E-state index is 13.0. The van der Waals surface area contributed by atoms with E-state index in [2.05, 4.69) is 20.6 Å². The molecule has 0 spiro atoms. The number of aromatic nitrogens is 2. The molecule has 2 aromatic rings. The second kappa shape index (κ2) is 10.3. The maximum absolute atomic E-state index is 13.0. The molecule has 180 valence electrons. The normalized spacial score (nSPS) is 18.6. The van der Waals surface area contributed by atoms with Gasteiger partial charge in [0, 0.05) is 67.0 Å². The molecule has 9 nitrogen and oxygen atoms in total. The Kier molecular flexibility index (Phi) is 7.21. The standard InChI is InChI=1S/C25H32N6O3/c1-15-9-16(2)30-24(33)21(15)14-29-23(32)20-10-22(28-13-19(20)11-26)17-4-7-31(8-5-17)25(34)18-3-6-27-12-18/h9-11,13,17-18,26-27H,3-8,12,14H2,1-2H3,(H,29,32)(H,30,33)/t18-/m0/s1. The first-order chi connectivity index (χ1) is 16.4. The van der Waals surface area contributed by atoms with Crippen LogP contribution in [0.5, 0.6) is 0 Å². The lowest BCUT2D eigenvalue weighted by molar-refractivity contribution is -0.136. The van der Waals surface area contributed by atoms with Crippen molar-refractivity contribution >= 4 is 18.0 Å². The van der Waals surface area contributed by atoms with Crippen molar-refractivity contribution in [1.82, 2.24) is 25.5 Å². The topological polar surface area (TPSA) is 131 Å². The van der Waals surface area contributed by atoms with Crippen molar-refractivity contribution in [2.75, 3.05) is 26.2 Å². The summed E-state index contributed by atoms with van der Waals surface area (Å²) in [6.07, 6.45) is 5.16. The van der Waals surface area contributed by atoms with E-state index in [1.54, 1.807) is 12.3 Å². The highest BCUT2D eigenvalue weighted by molar-refractivity contribution is 6.01. The minimum atomic E-state index is -0.345. The van der Waals surface area contributed by atoms with Gasteiger partial charge in [-0.25, -0.2) is 0 Å². The van der Waals surface area contributed by atoms with Gasteiger partial charge in [0.05, 0.1) is 11.5 Å². The van der Waals surface area contributed by atoms with E-state index in [9.17, 15) is 14.4 Å². The number of H-pyrrole nitrogens is 1. The summed E-state index contributed by atoms with van der Waals surface area (Å²) in [5.41, 5.74) is 3.49. The number of nitrogens with one attached hydrogen (secondary N) is 4. The van der Waals surface area contributed by atoms with Crippen molar-refractivity contribution in [3.05, 3.63) is 62.3 Å². The molecule has 34 heavy (non-hydrogen) atoms. The van der Waals surface area contributed by atoms with E-state index < -0.39 is 0 Å². The third kappa shape index (κ3) is 5.09. The summed E-state index contributed by atoms with van der Waals surface area (Å²) >= 11 is 0. The average Bonchev–Trinajstić information content (AvgIpc) is 3.37. The number of carbonyl (C=O) groups is 2. The lowest BCUT2D eigenvalue weighted by Gasteiger charge is -2.33. The Bertz CT molecular complexity index is 1140. The molecule has 0 aromatic carbocycles. The summed E-state index contributed by atoms with van der Waals surface area (Å²) < 4.78 is 0. The summed E-state index contributed by atoms with van der Waals surface area (Å²) in [6.45, 7) is 6.80. The molecule has 4 heterocycles. The molecular weight excluding hydrogens is 432 g/mol. The number of carbonyl (C=O) groups excluding carboxylic acids is 2. The fraction of sp³-hybridized carbons (Fsp3) is 0.480. The Morgan fingerprint density at radius 2 is 2.00 bits per heavy atom. The number of hydrogen-bond acceptors (Lipinski definition) is 6. The Morgan fingerprint density at radius 3 is 2.65 bits per heavy atom. The second-order valence-corrected chi connectivity index (χ2v) is 9.26. The molecule has 2 fully saturated rings. The lowest BCUT2D eigenvalue weighted by Crippen LogP contribution is -2.42. The molecule has 2 aromatic heterocycles. The van der Waals surface area contributed by atoms with Crippen LogP contribution in [0.4, 0.5) is 0 Å². The second-order valence-electron chi connectivity index (χ2n) is 9.26. The van der Waals surface area contributed by atoms with Crippen LogP contribution in [0.15, 0.2) is 23.1 Å². The van der Waals surface area contributed by atoms with Crippen molar-refractivity contribution in [2.24, 2.45) is 5.92 Å². The van der Waals surface area contributed by atoms with Crippen molar-refractivity contribution in [1.29, 1.82) is 5.41 Å². The van der Waals surface area contributed by atoms with E-state index in [1.807, 2.05) is 24.8 Å². The van der Waals surface area contributed by atoms with Crippen LogP contribution in [-0.2, 0) is 11.3 Å². The van der Waals surface area contributed by atoms with Crippen LogP contribution in [0, 0.1) is 25.2 Å². The summed E-state index contributed by atoms with van der Waals surface area (Å²) in [7, 11) is 0. The van der Waals surface area contributed by atoms with Crippen LogP contribution in [-0.4, -0.2) is 59.1 Å². The molecule has 0 aliphatic carbocycles. The van der Waals surface area contributed by atoms with E-state index in [-0.39, 0.29) is 35.8 Å². The van der Waals surface area contributed by atoms with E-state index in [4.69, 9.17) is 5.41 Å². The zero-order chi connectivity index (χ0) is 24.2. The van der Waals surface area contributed by atoms with E-state index >= 15 is 0 Å². The Labute approximate surface area is 198 Å². The highest BCUT2D eigenvalue weighted by atomic mass is 16.2. The number of likely N-dealkylation sites (tertiary alicyclic amines) is 1. The van der Waals surface area contributed by atoms with Crippen molar-refractivity contribution in [3.63, 3.8) is 0 Å². The lowest BCUT2D eigenvalue weighted by atomic mass is 9.91. The first-order valence-electron chi connectivity index (χ1n) is 11.8. The van der Waals surface area contributed by atoms with Gasteiger partial charge in [0.1, 0.15) is 0 Å². The first-order valence-corrected chi connectivity index (χ1v) is 11.8. The van der Waals surface area contributed by atoms with E-state index in [0.717, 1.165) is 55.5 Å². The average molecular weight is 465 g/mol. The van der Waals surface area contributed by atoms with Crippen LogP contribution in [0.3, 0.4) is 0 Å². The van der Waals surface area contributed by atoms with Crippen LogP contribution in [0.2, 0.25) is 0 Å². The number of amides is 2. The van der Waals surface area contributed by atoms with E-state index in [0.29, 0.717) is 29.8 Å². The summed E-state index contributed by atoms with van der Waals surface area (Å²) in [6, 6.07) is 3.63. The molecule has 0 unspecified atom stereocenters. The summed E-state index contributed by atoms with van der Waals surface area (Å²) in [5.74, 6) is 0.125. The van der Waals surface area contributed by atoms with Gasteiger partial charge in [-0.15, -0.1) is 0 Å². The van der Waals surface area contributed by atoms with Crippen molar-refractivity contribution < 1.29 is 9.59 Å². The minimum absolute atomic E-state index is 0.0845. The SMILES string of the molecule is Cc1cc(C)c(CNC(=O)c2cc(C3CCN(C(=O)[C@H]4CCNC4)CC3)ncc2C=N)c(=O)[nH]1. The number of hydrogen-bond donors (Lipinski definition) is 4. The molecule has 2 aliphatic heterocycles. The van der Waals surface area contributed by atoms with Crippen LogP contribution < -0.4 is 16.2 Å². The molecule has 4 N–H and O–H groups in total. The van der Waals surface area contributed by atoms with Crippen molar-refractivity contribution in [2.45, 2.75) is 45.6 Å². The van der Waals surface area contributed by atoms with Crippen LogP contribution >= 0.6 is 0 Å². The molecule has 2 aliphatic rings. The Balaban J connectivity index is 1.44. The predicted octanol–water partition coefficient (Wildman–Crippen LogP) is 1.63. The molecule has 9 heteroatoms. The van der Waals surface area contributed by atoms with Gasteiger partial charge >= 0.3 is 0 Å². The van der Waals surface area contributed by atoms with Crippen LogP contribution in [0.25, 0.3) is 0 Å². The third-order valence-electron chi connectivity index (χ3n) is 6.91. The van der Waals surface area contributed by atoms with Gasteiger partial charge in [-0.3, -0.25) is 19.4 Å². The third-order valence-corrected chi connectivity index (χ3v) is 6.91. The van der Waals surface area contributed by atoms with Crippen LogP contribution in [0.1, 0.15) is 63.6 Å². The zero-order valence-electron chi connectivity index (χ0n) is 19.7. The Hall–Kier alpha value is -3.33. The van der Waals surface area contributed by atoms with E-state index in [1.165, 1.54) is 0 Å². The number of pyridine rings is 2. The fourth-order valence-electron chi connectivity index (χ4n) is 4.90. The molecule has 2 saturated heterocycles. The predicted molar refractivity (Wildman–Crippen MR) is 129 cm³/mol. The minimum Gasteiger partial charge on any atom is -0.348 e. The fourth-order valence-corrected chi connectivity index (χ4v) is 4.90. The van der Waals surface area contributed by atoms with Gasteiger partial charge in [-0.1, -0.05) is 0 Å². The Morgan fingerprint density at radius 1 is 1.24 bits per heavy atom. The van der Waals surface area contributed by atoms with Gasteiger partial charge < -0.3 is 25.9 Å². The first kappa shape index (κ1) is 23.8. The summed E-state index contributed by atoms with van der Waals surface area (Å²) in [5, 5.41) is 13.8. The number of aromatic amines is 1. The van der Waals surface area contributed by atoms with Gasteiger partial charge in [0.25, 0.3) is 11.5 Å². The maximum Gasteiger partial charge on any atom is 0.253 e. The largest absolute Gasteiger partial charge is 0.348 e. The van der Waals surface area contributed by atoms with Gasteiger partial charge in [0.2, 0.25) is 5.91 Å². The monoisotopic (exact) mass is 464 g/mol. The number of rotatable bonds is 6.